The van der Waals surface area contributed by atoms with Gasteiger partial charge in [-0.05, 0) is 37.3 Å². The summed E-state index contributed by atoms with van der Waals surface area (Å²) in [6.07, 6.45) is -3.48. The first kappa shape index (κ1) is 17.6. The summed E-state index contributed by atoms with van der Waals surface area (Å²) >= 11 is 0. The van der Waals surface area contributed by atoms with Crippen LogP contribution in [0.5, 0.6) is 5.75 Å². The van der Waals surface area contributed by atoms with E-state index < -0.39 is 23.8 Å². The second-order valence-corrected chi connectivity index (χ2v) is 5.39. The van der Waals surface area contributed by atoms with Crippen LogP contribution in [-0.4, -0.2) is 27.1 Å². The largest absolute Gasteiger partial charge is 0.573 e. The number of nitrogens with one attached hydrogen (secondary N) is 1. The Balaban J connectivity index is 1.70. The smallest absolute Gasteiger partial charge is 0.403 e. The van der Waals surface area contributed by atoms with Crippen LogP contribution in [0, 0.1) is 12.7 Å². The van der Waals surface area contributed by atoms with Crippen LogP contribution in [0.2, 0.25) is 0 Å². The minimum atomic E-state index is -5.01. The van der Waals surface area contributed by atoms with Crippen molar-refractivity contribution < 1.29 is 27.1 Å². The molecule has 0 fully saturated rings. The van der Waals surface area contributed by atoms with Gasteiger partial charge in [0.25, 0.3) is 5.91 Å². The first-order chi connectivity index (χ1) is 12.2. The van der Waals surface area contributed by atoms with E-state index in [9.17, 15) is 22.4 Å². The molecule has 0 saturated heterocycles. The SMILES string of the molecule is Cc1ccc2c(CNC(=O)c3ccc(OC(F)(F)F)c(F)c3)cnn2n1. The normalized spacial score (nSPS) is 11.6. The van der Waals surface area contributed by atoms with E-state index in [1.54, 1.807) is 12.1 Å². The molecule has 1 aromatic carbocycles. The van der Waals surface area contributed by atoms with Crippen LogP contribution in [0.4, 0.5) is 17.6 Å². The molecule has 0 spiro atoms. The summed E-state index contributed by atoms with van der Waals surface area (Å²) in [6, 6.07) is 6.05. The summed E-state index contributed by atoms with van der Waals surface area (Å²) in [4.78, 5) is 12.1. The molecule has 2 heterocycles. The molecule has 0 radical (unpaired) electrons. The van der Waals surface area contributed by atoms with E-state index >= 15 is 0 Å². The molecule has 6 nitrogen and oxygen atoms in total. The summed E-state index contributed by atoms with van der Waals surface area (Å²) in [5.74, 6) is -2.94. The van der Waals surface area contributed by atoms with Gasteiger partial charge in [-0.1, -0.05) is 0 Å². The lowest BCUT2D eigenvalue weighted by Crippen LogP contribution is -2.23. The number of ether oxygens (including phenoxy) is 1. The van der Waals surface area contributed by atoms with E-state index in [0.717, 1.165) is 17.8 Å². The number of hydrogen-bond acceptors (Lipinski definition) is 4. The van der Waals surface area contributed by atoms with Crippen molar-refractivity contribution in [2.24, 2.45) is 0 Å². The van der Waals surface area contributed by atoms with Crippen LogP contribution >= 0.6 is 0 Å². The number of alkyl halides is 3. The monoisotopic (exact) mass is 368 g/mol. The highest BCUT2D eigenvalue weighted by Gasteiger charge is 2.32. The third kappa shape index (κ3) is 3.90. The van der Waals surface area contributed by atoms with Crippen molar-refractivity contribution in [1.29, 1.82) is 0 Å². The minimum absolute atomic E-state index is 0.0928. The maximum atomic E-state index is 13.7. The number of rotatable bonds is 4. The molecule has 0 bridgehead atoms. The Hall–Kier alpha value is -3.17. The van der Waals surface area contributed by atoms with Gasteiger partial charge in [0.05, 0.1) is 17.4 Å². The van der Waals surface area contributed by atoms with Crippen LogP contribution in [0.1, 0.15) is 21.6 Å². The highest BCUT2D eigenvalue weighted by molar-refractivity contribution is 5.94. The second kappa shape index (κ2) is 6.62. The average molecular weight is 368 g/mol. The zero-order valence-electron chi connectivity index (χ0n) is 13.3. The number of hydrogen-bond donors (Lipinski definition) is 1. The predicted octanol–water partition coefficient (Wildman–Crippen LogP) is 3.01. The third-order valence-electron chi connectivity index (χ3n) is 3.46. The Morgan fingerprint density at radius 1 is 1.27 bits per heavy atom. The Kier molecular flexibility index (Phi) is 4.49. The van der Waals surface area contributed by atoms with E-state index in [4.69, 9.17) is 0 Å². The summed E-state index contributed by atoms with van der Waals surface area (Å²) in [7, 11) is 0. The highest BCUT2D eigenvalue weighted by atomic mass is 19.4. The average Bonchev–Trinajstić information content (AvgIpc) is 2.95. The van der Waals surface area contributed by atoms with Gasteiger partial charge >= 0.3 is 6.36 Å². The summed E-state index contributed by atoms with van der Waals surface area (Å²) < 4.78 is 55.0. The number of aromatic nitrogens is 3. The molecule has 3 rings (SSSR count). The number of aryl methyl sites for hydroxylation is 1. The molecular weight excluding hydrogens is 356 g/mol. The van der Waals surface area contributed by atoms with Crippen LogP contribution in [-0.2, 0) is 6.54 Å². The van der Waals surface area contributed by atoms with Crippen LogP contribution in [0.3, 0.4) is 0 Å². The molecule has 1 N–H and O–H groups in total. The van der Waals surface area contributed by atoms with E-state index in [1.165, 1.54) is 10.8 Å². The van der Waals surface area contributed by atoms with Gasteiger partial charge in [-0.25, -0.2) is 4.39 Å². The van der Waals surface area contributed by atoms with Gasteiger partial charge in [-0.3, -0.25) is 4.79 Å². The molecule has 26 heavy (non-hydrogen) atoms. The van der Waals surface area contributed by atoms with Gasteiger partial charge in [-0.15, -0.1) is 13.2 Å². The van der Waals surface area contributed by atoms with Crippen LogP contribution < -0.4 is 10.1 Å². The molecule has 0 aliphatic rings. The lowest BCUT2D eigenvalue weighted by molar-refractivity contribution is -0.275. The van der Waals surface area contributed by atoms with Gasteiger partial charge in [0, 0.05) is 17.7 Å². The van der Waals surface area contributed by atoms with Crippen molar-refractivity contribution in [3.05, 3.63) is 59.2 Å². The Morgan fingerprint density at radius 3 is 2.73 bits per heavy atom. The van der Waals surface area contributed by atoms with Crippen LogP contribution in [0.15, 0.2) is 36.5 Å². The maximum Gasteiger partial charge on any atom is 0.573 e. The molecule has 0 aliphatic heterocycles. The first-order valence-electron chi connectivity index (χ1n) is 7.37. The highest BCUT2D eigenvalue weighted by Crippen LogP contribution is 2.26. The van der Waals surface area contributed by atoms with Crippen molar-refractivity contribution in [3.63, 3.8) is 0 Å². The topological polar surface area (TPSA) is 68.5 Å². The lowest BCUT2D eigenvalue weighted by Gasteiger charge is -2.10. The molecule has 2 aromatic heterocycles. The van der Waals surface area contributed by atoms with Crippen molar-refractivity contribution in [2.75, 3.05) is 0 Å². The van der Waals surface area contributed by atoms with E-state index in [2.05, 4.69) is 20.3 Å². The molecule has 136 valence electrons. The van der Waals surface area contributed by atoms with Gasteiger partial charge in [0.15, 0.2) is 11.6 Å². The molecule has 1 amide bonds. The molecule has 0 unspecified atom stereocenters. The lowest BCUT2D eigenvalue weighted by atomic mass is 10.2. The van der Waals surface area contributed by atoms with Crippen molar-refractivity contribution in [3.8, 4) is 5.75 Å². The fourth-order valence-electron chi connectivity index (χ4n) is 2.28. The Bertz CT molecular complexity index is 969. The zero-order valence-corrected chi connectivity index (χ0v) is 13.3. The number of amides is 1. The summed E-state index contributed by atoms with van der Waals surface area (Å²) in [5, 5.41) is 10.8. The summed E-state index contributed by atoms with van der Waals surface area (Å²) in [6.45, 7) is 1.90. The van der Waals surface area contributed by atoms with Crippen LogP contribution in [0.25, 0.3) is 5.52 Å². The molecule has 10 heteroatoms. The number of fused-ring (bicyclic) bond motifs is 1. The summed E-state index contributed by atoms with van der Waals surface area (Å²) in [5.41, 5.74) is 2.01. The number of nitrogens with zero attached hydrogens (tertiary/aromatic N) is 3. The number of halogens is 4. The standard InChI is InChI=1S/C16H12F4N4O2/c1-9-2-4-13-11(8-22-24(13)23-9)7-21-15(25)10-3-5-14(12(17)6-10)26-16(18,19)20/h2-6,8H,7H2,1H3,(H,21,25). The van der Waals surface area contributed by atoms with Crippen molar-refractivity contribution >= 4 is 11.4 Å². The van der Waals surface area contributed by atoms with Crippen molar-refractivity contribution in [1.82, 2.24) is 20.1 Å². The van der Waals surface area contributed by atoms with E-state index in [1.807, 2.05) is 6.92 Å². The van der Waals surface area contributed by atoms with Crippen molar-refractivity contribution in [2.45, 2.75) is 19.8 Å². The third-order valence-corrected chi connectivity index (χ3v) is 3.46. The first-order valence-corrected chi connectivity index (χ1v) is 7.37. The van der Waals surface area contributed by atoms with Gasteiger partial charge in [0.1, 0.15) is 0 Å². The molecular formula is C16H12F4N4O2. The van der Waals surface area contributed by atoms with Gasteiger partial charge < -0.3 is 10.1 Å². The zero-order chi connectivity index (χ0) is 18.9. The number of carbonyl (C=O) groups is 1. The predicted molar refractivity (Wildman–Crippen MR) is 82.0 cm³/mol. The molecule has 0 saturated carbocycles. The quantitative estimate of drug-likeness (QED) is 0.719. The molecule has 0 aliphatic carbocycles. The van der Waals surface area contributed by atoms with Gasteiger partial charge in [-0.2, -0.15) is 14.8 Å². The van der Waals surface area contributed by atoms with E-state index in [0.29, 0.717) is 17.1 Å². The van der Waals surface area contributed by atoms with E-state index in [-0.39, 0.29) is 12.1 Å². The molecule has 3 aromatic rings. The Morgan fingerprint density at radius 2 is 2.04 bits per heavy atom. The van der Waals surface area contributed by atoms with Gasteiger partial charge in [0.2, 0.25) is 0 Å². The number of carbonyl (C=O) groups excluding carboxylic acids is 1. The Labute approximate surface area is 144 Å². The number of benzene rings is 1. The fraction of sp³-hybridized carbons (Fsp3) is 0.188. The minimum Gasteiger partial charge on any atom is -0.403 e. The second-order valence-electron chi connectivity index (χ2n) is 5.39. The maximum absolute atomic E-state index is 13.7. The molecule has 0 atom stereocenters. The fourth-order valence-corrected chi connectivity index (χ4v) is 2.28.